The lowest BCUT2D eigenvalue weighted by atomic mass is 9.95. The van der Waals surface area contributed by atoms with Gasteiger partial charge >= 0.3 is 0 Å². The third-order valence-electron chi connectivity index (χ3n) is 5.41. The van der Waals surface area contributed by atoms with E-state index in [1.165, 1.54) is 21.0 Å². The molecule has 4 rings (SSSR count). The molecule has 3 aromatic rings. The molecule has 1 unspecified atom stereocenters. The number of likely N-dealkylation sites (tertiary alicyclic amines) is 1. The maximum Gasteiger partial charge on any atom is 0.269 e. The van der Waals surface area contributed by atoms with Gasteiger partial charge in [0.05, 0.1) is 34.1 Å². The molecule has 1 aromatic heterocycles. The van der Waals surface area contributed by atoms with Gasteiger partial charge in [-0.15, -0.1) is 11.3 Å². The van der Waals surface area contributed by atoms with E-state index >= 15 is 0 Å². The van der Waals surface area contributed by atoms with E-state index in [1.807, 2.05) is 12.1 Å². The zero-order valence-corrected chi connectivity index (χ0v) is 15.5. The molecule has 0 radical (unpaired) electrons. The molecule has 3 atom stereocenters. The van der Waals surface area contributed by atoms with Crippen molar-refractivity contribution in [3.8, 4) is 0 Å². The molecule has 0 bridgehead atoms. The van der Waals surface area contributed by atoms with E-state index in [-0.39, 0.29) is 16.7 Å². The summed E-state index contributed by atoms with van der Waals surface area (Å²) in [5.41, 5.74) is 2.30. The normalized spacial score (nSPS) is 21.6. The minimum Gasteiger partial charge on any atom is -0.328 e. The number of hydrogen-bond acceptors (Lipinski definition) is 4. The number of quaternary nitrogens is 1. The number of aromatic nitrogens is 1. The summed E-state index contributed by atoms with van der Waals surface area (Å²) in [5, 5.41) is 12.3. The highest BCUT2D eigenvalue weighted by Crippen LogP contribution is 2.30. The van der Waals surface area contributed by atoms with E-state index in [2.05, 4.69) is 25.1 Å². The highest BCUT2D eigenvalue weighted by atomic mass is 32.1. The third-order valence-corrected chi connectivity index (χ3v) is 6.61. The maximum atomic E-state index is 11.1. The number of nitrogens with one attached hydrogen (secondary N) is 1. The fourth-order valence-electron chi connectivity index (χ4n) is 3.91. The Kier molecular flexibility index (Phi) is 4.70. The predicted octanol–water partition coefficient (Wildman–Crippen LogP) is 3.73. The van der Waals surface area contributed by atoms with Gasteiger partial charge in [0.15, 0.2) is 0 Å². The highest BCUT2D eigenvalue weighted by Gasteiger charge is 2.31. The third kappa shape index (κ3) is 3.34. The summed E-state index contributed by atoms with van der Waals surface area (Å²) < 4.78 is 1.25. The second-order valence-electron chi connectivity index (χ2n) is 7.05. The maximum absolute atomic E-state index is 11.1. The molecule has 5 nitrogen and oxygen atoms in total. The first-order chi connectivity index (χ1) is 12.6. The van der Waals surface area contributed by atoms with Gasteiger partial charge in [-0.25, -0.2) is 4.98 Å². The minimum atomic E-state index is -0.314. The molecular weight excluding hydrogens is 346 g/mol. The standard InChI is InChI=1S/C20H21N3O2S/c1-14(15-6-4-8-17(12-15)23(24)25)22-11-5-7-16(13-22)20-21-18-9-2-3-10-19(18)26-20/h2-4,6,8-10,12,14,16H,5,7,11,13H2,1H3/p+1/t14-,16+/m1/s1. The minimum absolute atomic E-state index is 0.175. The van der Waals surface area contributed by atoms with E-state index < -0.39 is 0 Å². The number of nitro benzene ring substituents is 1. The van der Waals surface area contributed by atoms with E-state index in [4.69, 9.17) is 4.98 Å². The lowest BCUT2D eigenvalue weighted by molar-refractivity contribution is -0.935. The van der Waals surface area contributed by atoms with Gasteiger partial charge in [-0.05, 0) is 31.9 Å². The number of thiazole rings is 1. The largest absolute Gasteiger partial charge is 0.328 e. The van der Waals surface area contributed by atoms with Crippen molar-refractivity contribution in [3.05, 3.63) is 69.2 Å². The van der Waals surface area contributed by atoms with Crippen LogP contribution in [-0.2, 0) is 0 Å². The van der Waals surface area contributed by atoms with Crippen LogP contribution in [0.4, 0.5) is 5.69 Å². The summed E-state index contributed by atoms with van der Waals surface area (Å²) in [7, 11) is 0. The van der Waals surface area contributed by atoms with E-state index in [0.717, 1.165) is 30.6 Å². The Morgan fingerprint density at radius 1 is 1.27 bits per heavy atom. The van der Waals surface area contributed by atoms with Crippen LogP contribution in [0.3, 0.4) is 0 Å². The van der Waals surface area contributed by atoms with Gasteiger partial charge in [-0.1, -0.05) is 24.3 Å². The van der Waals surface area contributed by atoms with Crippen LogP contribution in [0.15, 0.2) is 48.5 Å². The first kappa shape index (κ1) is 17.1. The molecule has 0 aliphatic carbocycles. The molecule has 1 aliphatic heterocycles. The lowest BCUT2D eigenvalue weighted by Crippen LogP contribution is -3.13. The fourth-order valence-corrected chi connectivity index (χ4v) is 5.01. The van der Waals surface area contributed by atoms with Gasteiger partial charge in [-0.3, -0.25) is 10.1 Å². The average Bonchev–Trinajstić information content (AvgIpc) is 3.12. The van der Waals surface area contributed by atoms with Crippen LogP contribution in [0.1, 0.15) is 42.3 Å². The molecule has 0 amide bonds. The monoisotopic (exact) mass is 368 g/mol. The Bertz CT molecular complexity index is 906. The summed E-state index contributed by atoms with van der Waals surface area (Å²) in [4.78, 5) is 17.1. The Labute approximate surface area is 156 Å². The van der Waals surface area contributed by atoms with Crippen LogP contribution in [0.2, 0.25) is 0 Å². The van der Waals surface area contributed by atoms with Crippen LogP contribution >= 0.6 is 11.3 Å². The molecule has 2 heterocycles. The number of benzene rings is 2. The van der Waals surface area contributed by atoms with Crippen LogP contribution < -0.4 is 4.90 Å². The van der Waals surface area contributed by atoms with Crippen LogP contribution in [0.5, 0.6) is 0 Å². The molecule has 1 saturated heterocycles. The molecule has 0 saturated carbocycles. The summed E-state index contributed by atoms with van der Waals surface area (Å²) in [6.45, 7) is 4.31. The van der Waals surface area contributed by atoms with Gasteiger partial charge in [0.1, 0.15) is 11.0 Å². The molecule has 1 fully saturated rings. The van der Waals surface area contributed by atoms with Gasteiger partial charge in [0.25, 0.3) is 5.69 Å². The average molecular weight is 368 g/mol. The molecule has 134 valence electrons. The molecule has 6 heteroatoms. The number of non-ortho nitro benzene ring substituents is 1. The zero-order valence-electron chi connectivity index (χ0n) is 14.7. The summed E-state index contributed by atoms with van der Waals surface area (Å²) in [6, 6.07) is 15.6. The molecule has 26 heavy (non-hydrogen) atoms. The number of piperidine rings is 1. The number of fused-ring (bicyclic) bond motifs is 1. The summed E-state index contributed by atoms with van der Waals surface area (Å²) >= 11 is 1.81. The van der Waals surface area contributed by atoms with Crippen LogP contribution in [-0.4, -0.2) is 23.0 Å². The first-order valence-electron chi connectivity index (χ1n) is 9.06. The van der Waals surface area contributed by atoms with E-state index in [0.29, 0.717) is 5.92 Å². The lowest BCUT2D eigenvalue weighted by Gasteiger charge is -2.33. The fraction of sp³-hybridized carbons (Fsp3) is 0.350. The Hall–Kier alpha value is -2.31. The number of hydrogen-bond donors (Lipinski definition) is 1. The smallest absolute Gasteiger partial charge is 0.269 e. The van der Waals surface area contributed by atoms with Crippen LogP contribution in [0, 0.1) is 10.1 Å². The van der Waals surface area contributed by atoms with Gasteiger partial charge in [0, 0.05) is 17.7 Å². The number of rotatable bonds is 4. The number of nitro groups is 1. The predicted molar refractivity (Wildman–Crippen MR) is 104 cm³/mol. The number of nitrogens with zero attached hydrogens (tertiary/aromatic N) is 2. The Morgan fingerprint density at radius 3 is 2.92 bits per heavy atom. The molecule has 1 aliphatic rings. The zero-order chi connectivity index (χ0) is 18.1. The van der Waals surface area contributed by atoms with Crippen molar-refractivity contribution >= 4 is 27.2 Å². The highest BCUT2D eigenvalue weighted by molar-refractivity contribution is 7.18. The molecule has 0 spiro atoms. The van der Waals surface area contributed by atoms with E-state index in [1.54, 1.807) is 29.5 Å². The van der Waals surface area contributed by atoms with E-state index in [9.17, 15) is 10.1 Å². The van der Waals surface area contributed by atoms with Crippen molar-refractivity contribution in [2.75, 3.05) is 13.1 Å². The van der Waals surface area contributed by atoms with Crippen LogP contribution in [0.25, 0.3) is 10.2 Å². The summed E-state index contributed by atoms with van der Waals surface area (Å²) in [6.07, 6.45) is 2.33. The van der Waals surface area contributed by atoms with Crippen molar-refractivity contribution < 1.29 is 9.82 Å². The summed E-state index contributed by atoms with van der Waals surface area (Å²) in [5.74, 6) is 0.470. The topological polar surface area (TPSA) is 60.5 Å². The van der Waals surface area contributed by atoms with Gasteiger partial charge in [-0.2, -0.15) is 0 Å². The molecule has 1 N–H and O–H groups in total. The molecule has 2 aromatic carbocycles. The quantitative estimate of drug-likeness (QED) is 0.564. The van der Waals surface area contributed by atoms with Gasteiger partial charge < -0.3 is 4.90 Å². The van der Waals surface area contributed by atoms with Gasteiger partial charge in [0.2, 0.25) is 0 Å². The number of para-hydroxylation sites is 1. The molecular formula is C20H22N3O2S+. The van der Waals surface area contributed by atoms with Crippen molar-refractivity contribution in [3.63, 3.8) is 0 Å². The Balaban J connectivity index is 1.54. The first-order valence-corrected chi connectivity index (χ1v) is 9.88. The second-order valence-corrected chi connectivity index (χ2v) is 8.11. The van der Waals surface area contributed by atoms with Crippen molar-refractivity contribution in [2.24, 2.45) is 0 Å². The van der Waals surface area contributed by atoms with Crippen molar-refractivity contribution in [1.29, 1.82) is 0 Å². The Morgan fingerprint density at radius 2 is 2.12 bits per heavy atom. The van der Waals surface area contributed by atoms with Crippen molar-refractivity contribution in [1.82, 2.24) is 4.98 Å². The van der Waals surface area contributed by atoms with Crippen molar-refractivity contribution in [2.45, 2.75) is 31.7 Å². The SMILES string of the molecule is C[C@H](c1cccc([N+](=O)[O-])c1)[NH+]1CCC[C@H](c2nc3ccccc3s2)C1. The second kappa shape index (κ2) is 7.13.